The number of hydrogen-bond donors (Lipinski definition) is 1. The van der Waals surface area contributed by atoms with Gasteiger partial charge in [0.15, 0.2) is 0 Å². The zero-order valence-electron chi connectivity index (χ0n) is 22.1. The van der Waals surface area contributed by atoms with Gasteiger partial charge in [-0.15, -0.1) is 0 Å². The predicted molar refractivity (Wildman–Crippen MR) is 149 cm³/mol. The number of fused-ring (bicyclic) bond motifs is 1. The van der Waals surface area contributed by atoms with Crippen molar-refractivity contribution in [2.24, 2.45) is 0 Å². The highest BCUT2D eigenvalue weighted by molar-refractivity contribution is 5.82. The van der Waals surface area contributed by atoms with Crippen LogP contribution in [-0.2, 0) is 17.7 Å². The number of nitrogens with one attached hydrogen (secondary N) is 1. The van der Waals surface area contributed by atoms with Crippen LogP contribution in [0.15, 0.2) is 85.5 Å². The number of pyridine rings is 2. The molecule has 6 heteroatoms. The fourth-order valence-electron chi connectivity index (χ4n) is 4.19. The Bertz CT molecular complexity index is 1300. The Morgan fingerprint density at radius 3 is 2.30 bits per heavy atom. The van der Waals surface area contributed by atoms with E-state index in [-0.39, 0.29) is 12.1 Å². The number of benzene rings is 2. The quantitative estimate of drug-likeness (QED) is 0.296. The van der Waals surface area contributed by atoms with Gasteiger partial charge < -0.3 is 15.0 Å². The van der Waals surface area contributed by atoms with Crippen LogP contribution in [0.3, 0.4) is 0 Å². The van der Waals surface area contributed by atoms with Crippen molar-refractivity contribution in [2.45, 2.75) is 52.3 Å². The molecule has 0 aliphatic carbocycles. The molecule has 192 valence electrons. The molecular weight excluding hydrogens is 460 g/mol. The van der Waals surface area contributed by atoms with Crippen molar-refractivity contribution in [3.05, 3.63) is 96.6 Å². The smallest absolute Gasteiger partial charge is 0.410 e. The van der Waals surface area contributed by atoms with Crippen LogP contribution >= 0.6 is 0 Å². The monoisotopic (exact) mass is 496 g/mol. The summed E-state index contributed by atoms with van der Waals surface area (Å²) in [6.07, 6.45) is 7.76. The Morgan fingerprint density at radius 2 is 1.57 bits per heavy atom. The Balaban J connectivity index is 1.37. The first-order valence-electron chi connectivity index (χ1n) is 12.8. The molecular formula is C31H36N4O2. The minimum Gasteiger partial charge on any atom is -0.444 e. The summed E-state index contributed by atoms with van der Waals surface area (Å²) in [6.45, 7) is 9.66. The van der Waals surface area contributed by atoms with Crippen molar-refractivity contribution >= 4 is 16.9 Å². The van der Waals surface area contributed by atoms with E-state index in [0.717, 1.165) is 29.5 Å². The Hall–Kier alpha value is -3.77. The van der Waals surface area contributed by atoms with E-state index < -0.39 is 5.60 Å². The van der Waals surface area contributed by atoms with Crippen LogP contribution in [0.4, 0.5) is 4.79 Å². The number of nitrogens with zero attached hydrogens (tertiary/aromatic N) is 3. The highest BCUT2D eigenvalue weighted by Crippen LogP contribution is 2.19. The van der Waals surface area contributed by atoms with Crippen LogP contribution < -0.4 is 5.32 Å². The maximum absolute atomic E-state index is 13.0. The SMILES string of the molecule is C[C@H](CN(CCc1ccc(-c2ccncc2)cc1)C(=O)OC(C)(C)C)NCc1ccc2cnccc2c1. The molecule has 0 saturated heterocycles. The predicted octanol–water partition coefficient (Wildman–Crippen LogP) is 6.25. The first kappa shape index (κ1) is 26.3. The fraction of sp³-hybridized carbons (Fsp3) is 0.323. The van der Waals surface area contributed by atoms with E-state index in [4.69, 9.17) is 4.74 Å². The number of hydrogen-bond acceptors (Lipinski definition) is 5. The van der Waals surface area contributed by atoms with Crippen molar-refractivity contribution in [1.29, 1.82) is 0 Å². The summed E-state index contributed by atoms with van der Waals surface area (Å²) in [4.78, 5) is 23.1. The van der Waals surface area contributed by atoms with Gasteiger partial charge in [0.1, 0.15) is 5.60 Å². The molecule has 0 spiro atoms. The second kappa shape index (κ2) is 12.0. The third-order valence-corrected chi connectivity index (χ3v) is 6.14. The number of ether oxygens (including phenoxy) is 1. The third kappa shape index (κ3) is 7.86. The second-order valence-electron chi connectivity index (χ2n) is 10.4. The van der Waals surface area contributed by atoms with E-state index in [1.807, 2.05) is 56.3 Å². The molecule has 0 radical (unpaired) electrons. The summed E-state index contributed by atoms with van der Waals surface area (Å²) in [5, 5.41) is 5.87. The second-order valence-corrected chi connectivity index (χ2v) is 10.4. The fourth-order valence-corrected chi connectivity index (χ4v) is 4.19. The highest BCUT2D eigenvalue weighted by atomic mass is 16.6. The van der Waals surface area contributed by atoms with Gasteiger partial charge in [0.2, 0.25) is 0 Å². The van der Waals surface area contributed by atoms with Crippen molar-refractivity contribution in [3.63, 3.8) is 0 Å². The molecule has 2 aromatic carbocycles. The maximum atomic E-state index is 13.0. The van der Waals surface area contributed by atoms with Gasteiger partial charge in [-0.3, -0.25) is 9.97 Å². The highest BCUT2D eigenvalue weighted by Gasteiger charge is 2.23. The molecule has 37 heavy (non-hydrogen) atoms. The van der Waals surface area contributed by atoms with Crippen molar-refractivity contribution in [3.8, 4) is 11.1 Å². The molecule has 1 amide bonds. The van der Waals surface area contributed by atoms with Crippen molar-refractivity contribution in [2.75, 3.05) is 13.1 Å². The summed E-state index contributed by atoms with van der Waals surface area (Å²) < 4.78 is 5.72. The molecule has 6 nitrogen and oxygen atoms in total. The van der Waals surface area contributed by atoms with E-state index in [0.29, 0.717) is 13.1 Å². The van der Waals surface area contributed by atoms with Gasteiger partial charge in [0, 0.05) is 55.8 Å². The lowest BCUT2D eigenvalue weighted by atomic mass is 10.0. The van der Waals surface area contributed by atoms with Gasteiger partial charge in [0.25, 0.3) is 0 Å². The van der Waals surface area contributed by atoms with Crippen molar-refractivity contribution in [1.82, 2.24) is 20.2 Å². The molecule has 0 aliphatic rings. The average Bonchev–Trinajstić information content (AvgIpc) is 2.89. The normalized spacial score (nSPS) is 12.3. The zero-order valence-corrected chi connectivity index (χ0v) is 22.1. The minimum absolute atomic E-state index is 0.0923. The van der Waals surface area contributed by atoms with Gasteiger partial charge in [-0.05, 0) is 86.0 Å². The van der Waals surface area contributed by atoms with Crippen LogP contribution in [0.2, 0.25) is 0 Å². The first-order chi connectivity index (χ1) is 17.8. The molecule has 4 aromatic rings. The molecule has 0 saturated carbocycles. The van der Waals surface area contributed by atoms with Crippen LogP contribution in [-0.4, -0.2) is 45.7 Å². The van der Waals surface area contributed by atoms with Crippen LogP contribution in [0, 0.1) is 0 Å². The lowest BCUT2D eigenvalue weighted by molar-refractivity contribution is 0.0237. The molecule has 4 rings (SSSR count). The van der Waals surface area contributed by atoms with E-state index in [9.17, 15) is 4.79 Å². The number of amides is 1. The molecule has 0 aliphatic heterocycles. The number of aromatic nitrogens is 2. The maximum Gasteiger partial charge on any atom is 0.410 e. The number of rotatable bonds is 9. The largest absolute Gasteiger partial charge is 0.444 e. The Kier molecular flexibility index (Phi) is 8.51. The molecule has 0 unspecified atom stereocenters. The lowest BCUT2D eigenvalue weighted by Crippen LogP contribution is -2.45. The summed E-state index contributed by atoms with van der Waals surface area (Å²) >= 11 is 0. The van der Waals surface area contributed by atoms with Gasteiger partial charge in [-0.25, -0.2) is 4.79 Å². The Morgan fingerprint density at radius 1 is 0.892 bits per heavy atom. The van der Waals surface area contributed by atoms with Crippen LogP contribution in [0.25, 0.3) is 21.9 Å². The number of carbonyl (C=O) groups is 1. The molecule has 1 N–H and O–H groups in total. The molecule has 0 fully saturated rings. The van der Waals surface area contributed by atoms with E-state index >= 15 is 0 Å². The van der Waals surface area contributed by atoms with E-state index in [1.54, 1.807) is 12.4 Å². The molecule has 0 bridgehead atoms. The summed E-state index contributed by atoms with van der Waals surface area (Å²) in [5.41, 5.74) is 4.12. The molecule has 1 atom stereocenters. The first-order valence-corrected chi connectivity index (χ1v) is 12.8. The standard InChI is InChI=1S/C31H36N4O2/c1-23(34-20-25-7-10-29-21-33-17-13-28(29)19-25)22-35(30(36)37-31(2,3)4)18-14-24-5-8-26(9-6-24)27-11-15-32-16-12-27/h5-13,15-17,19,21,23,34H,14,18,20,22H2,1-4H3/t23-/m1/s1. The summed E-state index contributed by atoms with van der Waals surface area (Å²) in [5.74, 6) is 0. The van der Waals surface area contributed by atoms with Gasteiger partial charge in [-0.1, -0.05) is 36.4 Å². The van der Waals surface area contributed by atoms with E-state index in [1.165, 1.54) is 16.5 Å². The Labute approximate surface area is 219 Å². The van der Waals surface area contributed by atoms with Gasteiger partial charge in [-0.2, -0.15) is 0 Å². The van der Waals surface area contributed by atoms with Gasteiger partial charge in [0.05, 0.1) is 0 Å². The van der Waals surface area contributed by atoms with Crippen molar-refractivity contribution < 1.29 is 9.53 Å². The summed E-state index contributed by atoms with van der Waals surface area (Å²) in [6, 6.07) is 21.0. The summed E-state index contributed by atoms with van der Waals surface area (Å²) in [7, 11) is 0. The topological polar surface area (TPSA) is 67.4 Å². The lowest BCUT2D eigenvalue weighted by Gasteiger charge is -2.29. The third-order valence-electron chi connectivity index (χ3n) is 6.14. The number of carbonyl (C=O) groups excluding carboxylic acids is 1. The van der Waals surface area contributed by atoms with E-state index in [2.05, 4.69) is 64.7 Å². The molecule has 2 aromatic heterocycles. The van der Waals surface area contributed by atoms with Crippen LogP contribution in [0.5, 0.6) is 0 Å². The molecule has 2 heterocycles. The van der Waals surface area contributed by atoms with Crippen LogP contribution in [0.1, 0.15) is 38.8 Å². The average molecular weight is 497 g/mol. The zero-order chi connectivity index (χ0) is 26.3. The van der Waals surface area contributed by atoms with Gasteiger partial charge >= 0.3 is 6.09 Å². The minimum atomic E-state index is -0.544.